The summed E-state index contributed by atoms with van der Waals surface area (Å²) in [6.07, 6.45) is 3.77. The molecule has 0 nitrogen and oxygen atoms in total. The Morgan fingerprint density at radius 1 is 1.10 bits per heavy atom. The van der Waals surface area contributed by atoms with E-state index >= 15 is 0 Å². The number of halogens is 1. The summed E-state index contributed by atoms with van der Waals surface area (Å²) in [5, 5.41) is 0. The maximum atomic E-state index is 12.9. The molecule has 1 heteroatoms. The summed E-state index contributed by atoms with van der Waals surface area (Å²) < 4.78 is 12.9. The maximum absolute atomic E-state index is 12.9. The Labute approximate surface area is 126 Å². The number of hydrogen-bond donors (Lipinski definition) is 0. The van der Waals surface area contributed by atoms with Gasteiger partial charge in [-0.05, 0) is 49.6 Å². The van der Waals surface area contributed by atoms with Crippen LogP contribution in [0, 0.1) is 23.1 Å². The van der Waals surface area contributed by atoms with Crippen LogP contribution in [0.2, 0.25) is 0 Å². The molecule has 0 radical (unpaired) electrons. The summed E-state index contributed by atoms with van der Waals surface area (Å²) >= 11 is 0. The molecule has 0 aliphatic rings. The van der Waals surface area contributed by atoms with E-state index in [1.54, 1.807) is 12.1 Å². The molecule has 0 aliphatic carbocycles. The standard InChI is InChI=1S/C20H19F/c1-3-20(2,15-13-17-7-5-4-6-8-17)16-14-18-9-11-19(21)12-10-18/h3-12H,1,13,15H2,2H3/t20-/m1/s1. The molecule has 2 aromatic rings. The number of allylic oxidation sites excluding steroid dienone is 1. The molecule has 0 bridgehead atoms. The average Bonchev–Trinajstić information content (AvgIpc) is 2.53. The Morgan fingerprint density at radius 2 is 1.76 bits per heavy atom. The van der Waals surface area contributed by atoms with Gasteiger partial charge < -0.3 is 0 Å². The predicted octanol–water partition coefficient (Wildman–Crippen LogP) is 5.00. The zero-order chi connectivity index (χ0) is 15.1. The van der Waals surface area contributed by atoms with Crippen LogP contribution >= 0.6 is 0 Å². The molecule has 2 aromatic carbocycles. The summed E-state index contributed by atoms with van der Waals surface area (Å²) in [6, 6.07) is 16.6. The zero-order valence-corrected chi connectivity index (χ0v) is 12.3. The van der Waals surface area contributed by atoms with Gasteiger partial charge in [-0.15, -0.1) is 6.58 Å². The van der Waals surface area contributed by atoms with Crippen molar-refractivity contribution in [3.8, 4) is 11.8 Å². The van der Waals surface area contributed by atoms with Gasteiger partial charge in [0.2, 0.25) is 0 Å². The molecule has 0 heterocycles. The topological polar surface area (TPSA) is 0 Å². The number of rotatable bonds is 4. The third-order valence-electron chi connectivity index (χ3n) is 3.56. The van der Waals surface area contributed by atoms with Crippen LogP contribution < -0.4 is 0 Å². The molecule has 0 amide bonds. The molecule has 0 fully saturated rings. The highest BCUT2D eigenvalue weighted by Gasteiger charge is 2.16. The van der Waals surface area contributed by atoms with Crippen molar-refractivity contribution in [3.63, 3.8) is 0 Å². The lowest BCUT2D eigenvalue weighted by Gasteiger charge is -2.18. The minimum absolute atomic E-state index is 0.240. The number of aryl methyl sites for hydroxylation is 1. The number of hydrogen-bond acceptors (Lipinski definition) is 0. The van der Waals surface area contributed by atoms with E-state index in [2.05, 4.69) is 37.5 Å². The normalized spacial score (nSPS) is 12.9. The molecule has 0 unspecified atom stereocenters. The first-order valence-electron chi connectivity index (χ1n) is 7.08. The van der Waals surface area contributed by atoms with Gasteiger partial charge in [-0.3, -0.25) is 0 Å². The van der Waals surface area contributed by atoms with Crippen LogP contribution in [0.3, 0.4) is 0 Å². The fourth-order valence-electron chi connectivity index (χ4n) is 2.01. The molecule has 21 heavy (non-hydrogen) atoms. The van der Waals surface area contributed by atoms with Gasteiger partial charge in [0, 0.05) is 11.0 Å². The highest BCUT2D eigenvalue weighted by atomic mass is 19.1. The van der Waals surface area contributed by atoms with Crippen LogP contribution in [0.5, 0.6) is 0 Å². The second-order valence-electron chi connectivity index (χ2n) is 5.36. The van der Waals surface area contributed by atoms with Crippen LogP contribution in [0.1, 0.15) is 24.5 Å². The molecule has 0 saturated heterocycles. The Balaban J connectivity index is 2.07. The van der Waals surface area contributed by atoms with Crippen molar-refractivity contribution in [3.05, 3.63) is 84.2 Å². The van der Waals surface area contributed by atoms with Gasteiger partial charge in [-0.1, -0.05) is 48.2 Å². The Bertz CT molecular complexity index is 644. The highest BCUT2D eigenvalue weighted by molar-refractivity contribution is 5.36. The van der Waals surface area contributed by atoms with Gasteiger partial charge in [0.05, 0.1) is 0 Å². The zero-order valence-electron chi connectivity index (χ0n) is 12.3. The van der Waals surface area contributed by atoms with Gasteiger partial charge in [0.25, 0.3) is 0 Å². The van der Waals surface area contributed by atoms with Gasteiger partial charge in [0.1, 0.15) is 5.82 Å². The molecule has 1 atom stereocenters. The SMILES string of the molecule is C=C[C@@](C)(C#Cc1ccc(F)cc1)CCc1ccccc1. The Kier molecular flexibility index (Phi) is 4.95. The first-order chi connectivity index (χ1) is 10.1. The summed E-state index contributed by atoms with van der Waals surface area (Å²) in [7, 11) is 0. The minimum Gasteiger partial charge on any atom is -0.207 e. The van der Waals surface area contributed by atoms with E-state index in [1.165, 1.54) is 17.7 Å². The smallest absolute Gasteiger partial charge is 0.123 e. The average molecular weight is 278 g/mol. The van der Waals surface area contributed by atoms with Crippen LogP contribution in [-0.4, -0.2) is 0 Å². The molecule has 0 spiro atoms. The molecular formula is C20H19F. The largest absolute Gasteiger partial charge is 0.207 e. The first-order valence-corrected chi connectivity index (χ1v) is 7.08. The van der Waals surface area contributed by atoms with Crippen LogP contribution in [0.25, 0.3) is 0 Å². The molecule has 0 N–H and O–H groups in total. The summed E-state index contributed by atoms with van der Waals surface area (Å²) in [6.45, 7) is 5.99. The molecule has 106 valence electrons. The van der Waals surface area contributed by atoms with Crippen molar-refractivity contribution in [1.82, 2.24) is 0 Å². The van der Waals surface area contributed by atoms with Crippen molar-refractivity contribution in [2.24, 2.45) is 5.41 Å². The van der Waals surface area contributed by atoms with E-state index < -0.39 is 0 Å². The lowest BCUT2D eigenvalue weighted by Crippen LogP contribution is -2.11. The number of benzene rings is 2. The van der Waals surface area contributed by atoms with Crippen LogP contribution in [-0.2, 0) is 6.42 Å². The Hall–Kier alpha value is -2.33. The van der Waals surface area contributed by atoms with Crippen molar-refractivity contribution >= 4 is 0 Å². The maximum Gasteiger partial charge on any atom is 0.123 e. The Morgan fingerprint density at radius 3 is 2.38 bits per heavy atom. The third-order valence-corrected chi connectivity index (χ3v) is 3.56. The highest BCUT2D eigenvalue weighted by Crippen LogP contribution is 2.24. The van der Waals surface area contributed by atoms with E-state index in [0.29, 0.717) is 0 Å². The van der Waals surface area contributed by atoms with Gasteiger partial charge >= 0.3 is 0 Å². The lowest BCUT2D eigenvalue weighted by molar-refractivity contribution is 0.522. The summed E-state index contributed by atoms with van der Waals surface area (Å²) in [4.78, 5) is 0. The van der Waals surface area contributed by atoms with E-state index in [1.807, 2.05) is 24.3 Å². The van der Waals surface area contributed by atoms with E-state index in [0.717, 1.165) is 18.4 Å². The van der Waals surface area contributed by atoms with Gasteiger partial charge in [-0.25, -0.2) is 4.39 Å². The van der Waals surface area contributed by atoms with Crippen molar-refractivity contribution in [2.75, 3.05) is 0 Å². The fraction of sp³-hybridized carbons (Fsp3) is 0.200. The van der Waals surface area contributed by atoms with E-state index in [4.69, 9.17) is 0 Å². The summed E-state index contributed by atoms with van der Waals surface area (Å²) in [5.41, 5.74) is 1.88. The molecule has 0 aromatic heterocycles. The molecular weight excluding hydrogens is 259 g/mol. The van der Waals surface area contributed by atoms with Crippen molar-refractivity contribution in [2.45, 2.75) is 19.8 Å². The fourth-order valence-corrected chi connectivity index (χ4v) is 2.01. The minimum atomic E-state index is -0.246. The van der Waals surface area contributed by atoms with Crippen LogP contribution in [0.4, 0.5) is 4.39 Å². The second kappa shape index (κ2) is 6.90. The predicted molar refractivity (Wildman–Crippen MR) is 86.3 cm³/mol. The monoisotopic (exact) mass is 278 g/mol. The van der Waals surface area contributed by atoms with E-state index in [9.17, 15) is 4.39 Å². The lowest BCUT2D eigenvalue weighted by atomic mass is 9.84. The molecule has 0 aliphatic heterocycles. The van der Waals surface area contributed by atoms with Gasteiger partial charge in [-0.2, -0.15) is 0 Å². The molecule has 0 saturated carbocycles. The van der Waals surface area contributed by atoms with Gasteiger partial charge in [0.15, 0.2) is 0 Å². The van der Waals surface area contributed by atoms with E-state index in [-0.39, 0.29) is 11.2 Å². The first kappa shape index (κ1) is 15.1. The molecule has 2 rings (SSSR count). The van der Waals surface area contributed by atoms with Crippen molar-refractivity contribution in [1.29, 1.82) is 0 Å². The second-order valence-corrected chi connectivity index (χ2v) is 5.36. The van der Waals surface area contributed by atoms with Crippen LogP contribution in [0.15, 0.2) is 67.3 Å². The quantitative estimate of drug-likeness (QED) is 0.545. The third kappa shape index (κ3) is 4.61. The summed E-state index contributed by atoms with van der Waals surface area (Å²) in [5.74, 6) is 6.13. The van der Waals surface area contributed by atoms with Crippen molar-refractivity contribution < 1.29 is 4.39 Å².